The first-order valence-corrected chi connectivity index (χ1v) is 10.0. The van der Waals surface area contributed by atoms with Crippen LogP contribution in [0.3, 0.4) is 0 Å². The molecule has 0 aliphatic rings. The molecule has 3 N–H and O–H groups in total. The first kappa shape index (κ1) is 21.5. The van der Waals surface area contributed by atoms with Crippen molar-refractivity contribution in [3.63, 3.8) is 0 Å². The van der Waals surface area contributed by atoms with Crippen molar-refractivity contribution in [1.29, 1.82) is 0 Å². The zero-order valence-corrected chi connectivity index (χ0v) is 16.0. The van der Waals surface area contributed by atoms with Crippen molar-refractivity contribution < 1.29 is 36.2 Å². The SMILES string of the molecule is O=C(O)c1cc(CNS(=O)(=O)c2ccc(OC(F)(F)F)cc2)sc1Nn1c(=O)c1=O. The Labute approximate surface area is 168 Å². The average molecular weight is 465 g/mol. The fourth-order valence-corrected chi connectivity index (χ4v) is 4.25. The molecule has 0 spiro atoms. The Balaban J connectivity index is 1.72. The van der Waals surface area contributed by atoms with Crippen molar-refractivity contribution in [3.8, 4) is 5.75 Å². The molecule has 0 unspecified atom stereocenters. The van der Waals surface area contributed by atoms with E-state index in [-0.39, 0.29) is 26.9 Å². The first-order chi connectivity index (χ1) is 13.9. The summed E-state index contributed by atoms with van der Waals surface area (Å²) >= 11 is 0.795. The molecule has 2 heterocycles. The van der Waals surface area contributed by atoms with Crippen LogP contribution in [0.15, 0.2) is 44.8 Å². The van der Waals surface area contributed by atoms with Gasteiger partial charge in [0.1, 0.15) is 10.8 Å². The van der Waals surface area contributed by atoms with Crippen LogP contribution in [0.4, 0.5) is 18.2 Å². The van der Waals surface area contributed by atoms with E-state index in [2.05, 4.69) is 14.9 Å². The minimum atomic E-state index is -4.92. The molecule has 0 saturated carbocycles. The summed E-state index contributed by atoms with van der Waals surface area (Å²) in [5, 5.41) is 9.15. The number of rotatable bonds is 8. The van der Waals surface area contributed by atoms with Gasteiger partial charge in [-0.25, -0.2) is 17.9 Å². The van der Waals surface area contributed by atoms with E-state index in [0.29, 0.717) is 4.68 Å². The van der Waals surface area contributed by atoms with Gasteiger partial charge in [0.25, 0.3) is 0 Å². The molecule has 0 fully saturated rings. The van der Waals surface area contributed by atoms with Crippen LogP contribution in [0.5, 0.6) is 5.75 Å². The highest BCUT2D eigenvalue weighted by Crippen LogP contribution is 2.29. The Morgan fingerprint density at radius 3 is 2.27 bits per heavy atom. The van der Waals surface area contributed by atoms with E-state index in [0.717, 1.165) is 41.7 Å². The number of nitrogens with one attached hydrogen (secondary N) is 2. The number of ether oxygens (including phenoxy) is 1. The Bertz CT molecular complexity index is 1240. The topological polar surface area (TPSA) is 144 Å². The zero-order valence-electron chi connectivity index (χ0n) is 14.4. The van der Waals surface area contributed by atoms with E-state index in [9.17, 15) is 41.1 Å². The number of halogens is 3. The molecule has 0 atom stereocenters. The van der Waals surface area contributed by atoms with Crippen molar-refractivity contribution >= 4 is 32.3 Å². The summed E-state index contributed by atoms with van der Waals surface area (Å²) in [6.07, 6.45) is -4.92. The molecule has 3 rings (SSSR count). The Morgan fingerprint density at radius 1 is 1.17 bits per heavy atom. The van der Waals surface area contributed by atoms with Crippen LogP contribution >= 0.6 is 11.3 Å². The maximum absolute atomic E-state index is 12.3. The summed E-state index contributed by atoms with van der Waals surface area (Å²) in [5.74, 6) is -1.97. The molecule has 0 aliphatic heterocycles. The van der Waals surface area contributed by atoms with E-state index < -0.39 is 39.2 Å². The molecule has 10 nitrogen and oxygen atoms in total. The number of carboxylic acid groups (broad SMARTS) is 1. The number of thiophene rings is 1. The third-order valence-corrected chi connectivity index (χ3v) is 6.03. The van der Waals surface area contributed by atoms with Gasteiger partial charge in [0.05, 0.1) is 10.5 Å². The number of aromatic nitrogens is 1. The number of aromatic carboxylic acids is 1. The monoisotopic (exact) mass is 465 g/mol. The van der Waals surface area contributed by atoms with Gasteiger partial charge in [-0.05, 0) is 30.3 Å². The minimum absolute atomic E-state index is 0.0513. The van der Waals surface area contributed by atoms with Gasteiger partial charge in [0.2, 0.25) is 10.0 Å². The van der Waals surface area contributed by atoms with Gasteiger partial charge in [-0.3, -0.25) is 15.0 Å². The van der Waals surface area contributed by atoms with Gasteiger partial charge in [-0.2, -0.15) is 4.68 Å². The van der Waals surface area contributed by atoms with Gasteiger partial charge in [0.15, 0.2) is 0 Å². The van der Waals surface area contributed by atoms with Crippen LogP contribution < -0.4 is 26.0 Å². The lowest BCUT2D eigenvalue weighted by atomic mass is 10.3. The second-order valence-electron chi connectivity index (χ2n) is 5.66. The Morgan fingerprint density at radius 2 is 1.77 bits per heavy atom. The van der Waals surface area contributed by atoms with Gasteiger partial charge in [-0.1, -0.05) is 0 Å². The first-order valence-electron chi connectivity index (χ1n) is 7.74. The second-order valence-corrected chi connectivity index (χ2v) is 8.57. The largest absolute Gasteiger partial charge is 0.573 e. The molecular weight excluding hydrogens is 455 g/mol. The number of nitrogens with zero attached hydrogens (tertiary/aromatic N) is 1. The lowest BCUT2D eigenvalue weighted by Gasteiger charge is -2.10. The van der Waals surface area contributed by atoms with E-state index in [1.807, 2.05) is 0 Å². The minimum Gasteiger partial charge on any atom is -0.478 e. The standard InChI is InChI=1S/C15H10F3N3O7S2/c16-15(17,18)28-7-1-3-9(4-2-7)30(26,27)19-6-8-5-10(14(24)25)11(29-8)20-21-12(22)13(21)23/h1-5,19-20H,6H2,(H,24,25). The lowest BCUT2D eigenvalue weighted by molar-refractivity contribution is -0.274. The Kier molecular flexibility index (Phi) is 5.44. The predicted octanol–water partition coefficient (Wildman–Crippen LogP) is 1.10. The fourth-order valence-electron chi connectivity index (χ4n) is 2.18. The smallest absolute Gasteiger partial charge is 0.478 e. The maximum atomic E-state index is 12.3. The molecule has 2 aromatic heterocycles. The second kappa shape index (κ2) is 7.58. The normalized spacial score (nSPS) is 12.2. The van der Waals surface area contributed by atoms with Crippen LogP contribution in [0.25, 0.3) is 0 Å². The summed E-state index contributed by atoms with van der Waals surface area (Å²) in [6, 6.07) is 4.62. The van der Waals surface area contributed by atoms with Crippen molar-refractivity contribution in [3.05, 3.63) is 61.5 Å². The molecule has 160 valence electrons. The van der Waals surface area contributed by atoms with Crippen LogP contribution in [0.2, 0.25) is 0 Å². The van der Waals surface area contributed by atoms with Gasteiger partial charge in [0, 0.05) is 11.4 Å². The fraction of sp³-hybridized carbons (Fsp3) is 0.133. The molecule has 0 amide bonds. The zero-order chi connectivity index (χ0) is 22.3. The van der Waals surface area contributed by atoms with Gasteiger partial charge in [-0.15, -0.1) is 24.5 Å². The molecular formula is C15H10F3N3O7S2. The quantitative estimate of drug-likeness (QED) is 0.420. The van der Waals surface area contributed by atoms with Gasteiger partial charge < -0.3 is 9.84 Å². The molecule has 30 heavy (non-hydrogen) atoms. The molecule has 0 saturated heterocycles. The van der Waals surface area contributed by atoms with Crippen LogP contribution in [0.1, 0.15) is 15.2 Å². The number of hydrogen-bond acceptors (Lipinski definition) is 8. The number of sulfonamides is 1. The summed E-state index contributed by atoms with van der Waals surface area (Å²) in [7, 11) is -4.14. The van der Waals surface area contributed by atoms with E-state index >= 15 is 0 Å². The van der Waals surface area contributed by atoms with Crippen molar-refractivity contribution in [1.82, 2.24) is 9.40 Å². The third kappa shape index (κ3) is 4.87. The summed E-state index contributed by atoms with van der Waals surface area (Å²) in [4.78, 5) is 33.3. The van der Waals surface area contributed by atoms with E-state index in [1.54, 1.807) is 0 Å². The number of anilines is 1. The van der Waals surface area contributed by atoms with Crippen LogP contribution in [-0.4, -0.2) is 30.5 Å². The number of hydrogen-bond donors (Lipinski definition) is 3. The number of carboxylic acids is 1. The van der Waals surface area contributed by atoms with E-state index in [4.69, 9.17) is 0 Å². The lowest BCUT2D eigenvalue weighted by Crippen LogP contribution is -2.23. The molecule has 15 heteroatoms. The number of benzene rings is 1. The number of alkyl halides is 3. The number of carbonyl (C=O) groups is 1. The van der Waals surface area contributed by atoms with Gasteiger partial charge >= 0.3 is 23.5 Å². The van der Waals surface area contributed by atoms with Crippen molar-refractivity contribution in [2.24, 2.45) is 0 Å². The van der Waals surface area contributed by atoms with Crippen molar-refractivity contribution in [2.45, 2.75) is 17.8 Å². The summed E-state index contributed by atoms with van der Waals surface area (Å²) in [5.41, 5.74) is 0.352. The molecule has 1 aromatic carbocycles. The highest BCUT2D eigenvalue weighted by Gasteiger charge is 2.31. The third-order valence-electron chi connectivity index (χ3n) is 3.57. The highest BCUT2D eigenvalue weighted by molar-refractivity contribution is 7.89. The van der Waals surface area contributed by atoms with Crippen molar-refractivity contribution in [2.75, 3.05) is 5.43 Å². The molecule has 0 radical (unpaired) electrons. The predicted molar refractivity (Wildman–Crippen MR) is 96.8 cm³/mol. The van der Waals surface area contributed by atoms with Crippen LogP contribution in [-0.2, 0) is 16.6 Å². The summed E-state index contributed by atoms with van der Waals surface area (Å²) in [6.45, 7) is -0.350. The highest BCUT2D eigenvalue weighted by atomic mass is 32.2. The van der Waals surface area contributed by atoms with E-state index in [1.165, 1.54) is 0 Å². The molecule has 0 aliphatic carbocycles. The molecule has 0 bridgehead atoms. The average Bonchev–Trinajstić information content (AvgIpc) is 3.04. The van der Waals surface area contributed by atoms with Crippen LogP contribution in [0, 0.1) is 0 Å². The Hall–Kier alpha value is -3.17. The molecule has 3 aromatic rings. The maximum Gasteiger partial charge on any atom is 0.573 e. The summed E-state index contributed by atoms with van der Waals surface area (Å²) < 4.78 is 67.5.